The first-order chi connectivity index (χ1) is 11.0. The highest BCUT2D eigenvalue weighted by Gasteiger charge is 2.14. The molecule has 0 atom stereocenters. The van der Waals surface area contributed by atoms with Crippen LogP contribution in [0.4, 0.5) is 5.69 Å². The van der Waals surface area contributed by atoms with Crippen molar-refractivity contribution >= 4 is 15.7 Å². The zero-order valence-corrected chi connectivity index (χ0v) is 13.8. The Morgan fingerprint density at radius 1 is 1.09 bits per heavy atom. The first-order valence-electron chi connectivity index (χ1n) is 7.56. The van der Waals surface area contributed by atoms with E-state index in [1.807, 2.05) is 0 Å². The number of unbranched alkanes of at least 4 members (excludes halogenated alkanes) is 2. The highest BCUT2D eigenvalue weighted by Crippen LogP contribution is 2.21. The summed E-state index contributed by atoms with van der Waals surface area (Å²) in [6.07, 6.45) is 3.22. The van der Waals surface area contributed by atoms with Crippen LogP contribution in [0.1, 0.15) is 26.2 Å². The molecule has 0 spiro atoms. The van der Waals surface area contributed by atoms with E-state index in [0.717, 1.165) is 19.3 Å². The van der Waals surface area contributed by atoms with E-state index in [1.54, 1.807) is 24.3 Å². The SMILES string of the molecule is CCCCCOc1ccc(S(=O)(=O)Nc2cccc(O)c2)cc1. The van der Waals surface area contributed by atoms with Gasteiger partial charge in [0.2, 0.25) is 0 Å². The van der Waals surface area contributed by atoms with E-state index in [4.69, 9.17) is 4.74 Å². The van der Waals surface area contributed by atoms with Gasteiger partial charge in [0, 0.05) is 6.07 Å². The molecule has 0 radical (unpaired) electrons. The zero-order valence-electron chi connectivity index (χ0n) is 13.0. The third kappa shape index (κ3) is 5.17. The first kappa shape index (κ1) is 17.1. The molecule has 6 heteroatoms. The quantitative estimate of drug-likeness (QED) is 0.720. The summed E-state index contributed by atoms with van der Waals surface area (Å²) >= 11 is 0. The molecule has 0 aliphatic heterocycles. The van der Waals surface area contributed by atoms with Gasteiger partial charge in [-0.3, -0.25) is 4.72 Å². The van der Waals surface area contributed by atoms with E-state index in [2.05, 4.69) is 11.6 Å². The molecule has 0 bridgehead atoms. The van der Waals surface area contributed by atoms with Crippen LogP contribution in [0.5, 0.6) is 11.5 Å². The number of anilines is 1. The monoisotopic (exact) mass is 335 g/mol. The average molecular weight is 335 g/mol. The smallest absolute Gasteiger partial charge is 0.261 e. The number of aromatic hydroxyl groups is 1. The molecule has 0 saturated carbocycles. The largest absolute Gasteiger partial charge is 0.508 e. The van der Waals surface area contributed by atoms with Gasteiger partial charge in [0.25, 0.3) is 10.0 Å². The molecule has 2 N–H and O–H groups in total. The molecule has 0 amide bonds. The summed E-state index contributed by atoms with van der Waals surface area (Å²) in [4.78, 5) is 0.141. The number of ether oxygens (including phenoxy) is 1. The molecule has 124 valence electrons. The summed E-state index contributed by atoms with van der Waals surface area (Å²) in [6, 6.07) is 12.3. The molecule has 0 aromatic heterocycles. The second-order valence-electron chi connectivity index (χ2n) is 5.18. The molecule has 0 aliphatic rings. The number of phenols is 1. The van der Waals surface area contributed by atoms with Crippen molar-refractivity contribution in [3.05, 3.63) is 48.5 Å². The van der Waals surface area contributed by atoms with Crippen molar-refractivity contribution in [2.75, 3.05) is 11.3 Å². The van der Waals surface area contributed by atoms with Gasteiger partial charge in [0.15, 0.2) is 0 Å². The predicted octanol–water partition coefficient (Wildman–Crippen LogP) is 3.76. The summed E-state index contributed by atoms with van der Waals surface area (Å²) in [6.45, 7) is 2.75. The lowest BCUT2D eigenvalue weighted by Crippen LogP contribution is -2.12. The van der Waals surface area contributed by atoms with E-state index in [1.165, 1.54) is 24.3 Å². The van der Waals surface area contributed by atoms with Crippen LogP contribution in [-0.4, -0.2) is 20.1 Å². The molecule has 2 aromatic carbocycles. The van der Waals surface area contributed by atoms with Crippen LogP contribution in [0.3, 0.4) is 0 Å². The van der Waals surface area contributed by atoms with E-state index < -0.39 is 10.0 Å². The topological polar surface area (TPSA) is 75.6 Å². The lowest BCUT2D eigenvalue weighted by molar-refractivity contribution is 0.306. The third-order valence-corrected chi connectivity index (χ3v) is 4.65. The van der Waals surface area contributed by atoms with Gasteiger partial charge >= 0.3 is 0 Å². The normalized spacial score (nSPS) is 11.2. The molecular formula is C17H21NO4S. The highest BCUT2D eigenvalue weighted by atomic mass is 32.2. The molecule has 2 aromatic rings. The molecule has 0 unspecified atom stereocenters. The van der Waals surface area contributed by atoms with Gasteiger partial charge in [-0.2, -0.15) is 0 Å². The molecule has 2 rings (SSSR count). The van der Waals surface area contributed by atoms with Crippen LogP contribution in [0.25, 0.3) is 0 Å². The van der Waals surface area contributed by atoms with Crippen LogP contribution in [0.2, 0.25) is 0 Å². The number of hydrogen-bond donors (Lipinski definition) is 2. The molecule has 5 nitrogen and oxygen atoms in total. The molecular weight excluding hydrogens is 314 g/mol. The van der Waals surface area contributed by atoms with Crippen LogP contribution < -0.4 is 9.46 Å². The fourth-order valence-corrected chi connectivity index (χ4v) is 3.09. The number of sulfonamides is 1. The molecule has 0 heterocycles. The van der Waals surface area contributed by atoms with E-state index >= 15 is 0 Å². The van der Waals surface area contributed by atoms with Crippen molar-refractivity contribution in [3.8, 4) is 11.5 Å². The van der Waals surface area contributed by atoms with Gasteiger partial charge in [-0.05, 0) is 42.8 Å². The van der Waals surface area contributed by atoms with E-state index in [9.17, 15) is 13.5 Å². The molecule has 0 fully saturated rings. The van der Waals surface area contributed by atoms with E-state index in [0.29, 0.717) is 18.0 Å². The maximum absolute atomic E-state index is 12.3. The fourth-order valence-electron chi connectivity index (χ4n) is 2.04. The number of benzene rings is 2. The van der Waals surface area contributed by atoms with Crippen molar-refractivity contribution in [3.63, 3.8) is 0 Å². The van der Waals surface area contributed by atoms with Gasteiger partial charge in [-0.15, -0.1) is 0 Å². The fraction of sp³-hybridized carbons (Fsp3) is 0.294. The Morgan fingerprint density at radius 2 is 1.83 bits per heavy atom. The number of phenolic OH excluding ortho intramolecular Hbond substituents is 1. The second-order valence-corrected chi connectivity index (χ2v) is 6.87. The predicted molar refractivity (Wildman–Crippen MR) is 90.4 cm³/mol. The Kier molecular flexibility index (Phi) is 5.87. The Labute approximate surface area is 137 Å². The maximum atomic E-state index is 12.3. The number of nitrogens with one attached hydrogen (secondary N) is 1. The van der Waals surface area contributed by atoms with Gasteiger partial charge in [-0.25, -0.2) is 8.42 Å². The minimum atomic E-state index is -3.69. The minimum Gasteiger partial charge on any atom is -0.508 e. The summed E-state index contributed by atoms with van der Waals surface area (Å²) in [5.74, 6) is 0.651. The summed E-state index contributed by atoms with van der Waals surface area (Å²) in [7, 11) is -3.69. The minimum absolute atomic E-state index is 0.000951. The third-order valence-electron chi connectivity index (χ3n) is 3.25. The van der Waals surface area contributed by atoms with Crippen molar-refractivity contribution in [1.29, 1.82) is 0 Å². The Hall–Kier alpha value is -2.21. The highest BCUT2D eigenvalue weighted by molar-refractivity contribution is 7.92. The van der Waals surface area contributed by atoms with Gasteiger partial charge in [-0.1, -0.05) is 25.8 Å². The Bertz CT molecular complexity index is 727. The maximum Gasteiger partial charge on any atom is 0.261 e. The molecule has 23 heavy (non-hydrogen) atoms. The second kappa shape index (κ2) is 7.87. The summed E-state index contributed by atoms with van der Waals surface area (Å²) < 4.78 is 32.6. The van der Waals surface area contributed by atoms with E-state index in [-0.39, 0.29) is 10.6 Å². The lowest BCUT2D eigenvalue weighted by atomic mass is 10.3. The summed E-state index contributed by atoms with van der Waals surface area (Å²) in [5.41, 5.74) is 0.310. The first-order valence-corrected chi connectivity index (χ1v) is 9.04. The van der Waals surface area contributed by atoms with Crippen LogP contribution in [-0.2, 0) is 10.0 Å². The Morgan fingerprint density at radius 3 is 2.48 bits per heavy atom. The van der Waals surface area contributed by atoms with Crippen LogP contribution in [0.15, 0.2) is 53.4 Å². The van der Waals surface area contributed by atoms with Gasteiger partial charge in [0.1, 0.15) is 11.5 Å². The van der Waals surface area contributed by atoms with Crippen molar-refractivity contribution < 1.29 is 18.3 Å². The lowest BCUT2D eigenvalue weighted by Gasteiger charge is -2.10. The van der Waals surface area contributed by atoms with Crippen molar-refractivity contribution in [2.24, 2.45) is 0 Å². The molecule has 0 aliphatic carbocycles. The van der Waals surface area contributed by atoms with Gasteiger partial charge in [0.05, 0.1) is 17.2 Å². The standard InChI is InChI=1S/C17H21NO4S/c1-2-3-4-12-22-16-8-10-17(11-9-16)23(20,21)18-14-6-5-7-15(19)13-14/h5-11,13,18-19H,2-4,12H2,1H3. The number of rotatable bonds is 8. The average Bonchev–Trinajstić information content (AvgIpc) is 2.52. The van der Waals surface area contributed by atoms with Crippen molar-refractivity contribution in [1.82, 2.24) is 0 Å². The Balaban J connectivity index is 2.02. The zero-order chi connectivity index (χ0) is 16.7. The number of hydrogen-bond acceptors (Lipinski definition) is 4. The summed E-state index contributed by atoms with van der Waals surface area (Å²) in [5, 5.41) is 9.39. The van der Waals surface area contributed by atoms with Crippen LogP contribution >= 0.6 is 0 Å². The van der Waals surface area contributed by atoms with Crippen molar-refractivity contribution in [2.45, 2.75) is 31.1 Å². The van der Waals surface area contributed by atoms with Crippen LogP contribution in [0, 0.1) is 0 Å². The van der Waals surface area contributed by atoms with Gasteiger partial charge < -0.3 is 9.84 Å². The molecule has 0 saturated heterocycles.